The van der Waals surface area contributed by atoms with Gasteiger partial charge in [0.1, 0.15) is 13.1 Å². The van der Waals surface area contributed by atoms with Crippen LogP contribution in [0.15, 0.2) is 24.5 Å². The lowest BCUT2D eigenvalue weighted by atomic mass is 9.98. The van der Waals surface area contributed by atoms with Gasteiger partial charge in [-0.1, -0.05) is 13.3 Å². The molecule has 0 bridgehead atoms. The number of rotatable bonds is 6. The topological polar surface area (TPSA) is 85.8 Å². The van der Waals surface area contributed by atoms with E-state index in [0.717, 1.165) is 30.0 Å². The van der Waals surface area contributed by atoms with Crippen LogP contribution in [0.4, 0.5) is 10.5 Å². The molecule has 1 N–H and O–H groups in total. The molecule has 140 valence electrons. The zero-order chi connectivity index (χ0) is 18.7. The van der Waals surface area contributed by atoms with Crippen molar-refractivity contribution in [2.75, 3.05) is 38.1 Å². The highest BCUT2D eigenvalue weighted by Crippen LogP contribution is 2.26. The van der Waals surface area contributed by atoms with Crippen LogP contribution in [0.1, 0.15) is 19.8 Å². The zero-order valence-electron chi connectivity index (χ0n) is 15.2. The molecule has 0 saturated carbocycles. The van der Waals surface area contributed by atoms with Crippen molar-refractivity contribution in [1.82, 2.24) is 20.1 Å². The Morgan fingerprint density at radius 3 is 2.62 bits per heavy atom. The Morgan fingerprint density at radius 2 is 2.00 bits per heavy atom. The molecule has 2 aliphatic heterocycles. The maximum Gasteiger partial charge on any atom is 0.327 e. The number of aromatic nitrogens is 1. The summed E-state index contributed by atoms with van der Waals surface area (Å²) < 4.78 is 0. The molecule has 3 rings (SSSR count). The van der Waals surface area contributed by atoms with Crippen molar-refractivity contribution in [3.8, 4) is 0 Å². The summed E-state index contributed by atoms with van der Waals surface area (Å²) in [6.07, 6.45) is 5.57. The van der Waals surface area contributed by atoms with Gasteiger partial charge in [-0.05, 0) is 24.5 Å². The normalized spacial score (nSPS) is 23.1. The van der Waals surface area contributed by atoms with Gasteiger partial charge in [-0.2, -0.15) is 0 Å². The predicted octanol–water partition coefficient (Wildman–Crippen LogP) is 0.697. The lowest BCUT2D eigenvalue weighted by Gasteiger charge is -2.21. The molecular formula is C18H25N5O3. The van der Waals surface area contributed by atoms with Crippen LogP contribution < -0.4 is 10.2 Å². The largest absolute Gasteiger partial charge is 0.369 e. The fraction of sp³-hybridized carbons (Fsp3) is 0.556. The Bertz CT molecular complexity index is 681. The smallest absolute Gasteiger partial charge is 0.327 e. The van der Waals surface area contributed by atoms with Crippen LogP contribution in [0, 0.1) is 5.92 Å². The Kier molecular flexibility index (Phi) is 5.39. The maximum absolute atomic E-state index is 12.4. The maximum atomic E-state index is 12.4. The molecule has 8 heteroatoms. The van der Waals surface area contributed by atoms with Crippen LogP contribution in [0.25, 0.3) is 0 Å². The molecule has 4 amide bonds. The molecule has 2 aliphatic rings. The number of pyridine rings is 1. The minimum absolute atomic E-state index is 0.00107. The molecule has 0 unspecified atom stereocenters. The number of hydrogen-bond acceptors (Lipinski definition) is 5. The molecule has 2 saturated heterocycles. The second kappa shape index (κ2) is 7.72. The number of nitrogens with zero attached hydrogens (tertiary/aromatic N) is 4. The first-order chi connectivity index (χ1) is 12.5. The number of urea groups is 1. The van der Waals surface area contributed by atoms with Crippen LogP contribution >= 0.6 is 0 Å². The Labute approximate surface area is 153 Å². The van der Waals surface area contributed by atoms with Gasteiger partial charge >= 0.3 is 6.03 Å². The van der Waals surface area contributed by atoms with Crippen molar-refractivity contribution < 1.29 is 14.4 Å². The molecule has 0 aromatic carbocycles. The Hall–Kier alpha value is -2.64. The minimum Gasteiger partial charge on any atom is -0.369 e. The molecule has 26 heavy (non-hydrogen) atoms. The van der Waals surface area contributed by atoms with Gasteiger partial charge in [0.05, 0.1) is 6.04 Å². The van der Waals surface area contributed by atoms with E-state index in [-0.39, 0.29) is 30.9 Å². The quantitative estimate of drug-likeness (QED) is 0.756. The molecule has 0 aliphatic carbocycles. The number of carbonyl (C=O) groups is 3. The number of amides is 4. The van der Waals surface area contributed by atoms with E-state index >= 15 is 0 Å². The van der Waals surface area contributed by atoms with Crippen molar-refractivity contribution in [3.63, 3.8) is 0 Å². The van der Waals surface area contributed by atoms with Gasteiger partial charge in [0, 0.05) is 38.2 Å². The van der Waals surface area contributed by atoms with E-state index in [1.807, 2.05) is 12.1 Å². The second-order valence-electron chi connectivity index (χ2n) is 6.95. The number of hydrogen-bond donors (Lipinski definition) is 1. The lowest BCUT2D eigenvalue weighted by molar-refractivity contribution is -0.131. The van der Waals surface area contributed by atoms with Crippen LogP contribution in [0.3, 0.4) is 0 Å². The number of nitrogens with one attached hydrogen (secondary N) is 1. The van der Waals surface area contributed by atoms with Gasteiger partial charge in [0.15, 0.2) is 0 Å². The summed E-state index contributed by atoms with van der Waals surface area (Å²) in [6.45, 7) is 3.52. The van der Waals surface area contributed by atoms with Crippen LogP contribution in [-0.2, 0) is 9.59 Å². The molecule has 1 aromatic rings. The molecule has 2 fully saturated rings. The van der Waals surface area contributed by atoms with E-state index in [2.05, 4.69) is 22.1 Å². The number of carbonyl (C=O) groups excluding carboxylic acids is 3. The lowest BCUT2D eigenvalue weighted by Crippen LogP contribution is -2.47. The molecular weight excluding hydrogens is 334 g/mol. The summed E-state index contributed by atoms with van der Waals surface area (Å²) in [5.74, 6) is -0.281. The Morgan fingerprint density at radius 1 is 1.27 bits per heavy atom. The third-order valence-electron chi connectivity index (χ3n) is 5.01. The van der Waals surface area contributed by atoms with Crippen molar-refractivity contribution in [3.05, 3.63) is 24.5 Å². The zero-order valence-corrected chi connectivity index (χ0v) is 15.2. The summed E-state index contributed by atoms with van der Waals surface area (Å²) in [4.78, 5) is 44.8. The molecule has 2 atom stereocenters. The number of imide groups is 1. The summed E-state index contributed by atoms with van der Waals surface area (Å²) in [6, 6.07) is 3.51. The number of anilines is 1. The first-order valence-electron chi connectivity index (χ1n) is 8.99. The monoisotopic (exact) mass is 359 g/mol. The van der Waals surface area contributed by atoms with Crippen molar-refractivity contribution in [2.45, 2.75) is 25.8 Å². The van der Waals surface area contributed by atoms with Crippen LogP contribution in [0.2, 0.25) is 0 Å². The van der Waals surface area contributed by atoms with E-state index in [1.54, 1.807) is 19.4 Å². The summed E-state index contributed by atoms with van der Waals surface area (Å²) in [7, 11) is 1.55. The van der Waals surface area contributed by atoms with E-state index in [1.165, 1.54) is 4.90 Å². The fourth-order valence-corrected chi connectivity index (χ4v) is 3.68. The summed E-state index contributed by atoms with van der Waals surface area (Å²) in [5.41, 5.74) is 1.09. The predicted molar refractivity (Wildman–Crippen MR) is 96.5 cm³/mol. The number of likely N-dealkylation sites (N-methyl/N-ethyl adjacent to an activating group) is 1. The average Bonchev–Trinajstić information content (AvgIpc) is 3.12. The first-order valence-corrected chi connectivity index (χ1v) is 8.99. The third-order valence-corrected chi connectivity index (χ3v) is 5.01. The van der Waals surface area contributed by atoms with E-state index < -0.39 is 6.03 Å². The highest BCUT2D eigenvalue weighted by atomic mass is 16.2. The van der Waals surface area contributed by atoms with Gasteiger partial charge in [0.25, 0.3) is 5.91 Å². The van der Waals surface area contributed by atoms with Crippen molar-refractivity contribution >= 4 is 23.5 Å². The molecule has 8 nitrogen and oxygen atoms in total. The van der Waals surface area contributed by atoms with E-state index in [9.17, 15) is 14.4 Å². The molecule has 0 radical (unpaired) electrons. The SMILES string of the molecule is CCC[C@H]1CN(c2ccncc2)C[C@@H]1NC(=O)CN1C(=O)CN(C)C1=O. The average molecular weight is 359 g/mol. The summed E-state index contributed by atoms with van der Waals surface area (Å²) in [5, 5.41) is 3.04. The van der Waals surface area contributed by atoms with E-state index in [4.69, 9.17) is 0 Å². The van der Waals surface area contributed by atoms with Gasteiger partial charge in [-0.3, -0.25) is 19.5 Å². The highest BCUT2D eigenvalue weighted by Gasteiger charge is 2.37. The third kappa shape index (κ3) is 3.79. The fourth-order valence-electron chi connectivity index (χ4n) is 3.68. The van der Waals surface area contributed by atoms with Crippen LogP contribution in [0.5, 0.6) is 0 Å². The molecule has 3 heterocycles. The van der Waals surface area contributed by atoms with Crippen molar-refractivity contribution in [2.24, 2.45) is 5.92 Å². The van der Waals surface area contributed by atoms with Gasteiger partial charge < -0.3 is 15.1 Å². The van der Waals surface area contributed by atoms with Crippen molar-refractivity contribution in [1.29, 1.82) is 0 Å². The second-order valence-corrected chi connectivity index (χ2v) is 6.95. The van der Waals surface area contributed by atoms with E-state index in [0.29, 0.717) is 12.5 Å². The van der Waals surface area contributed by atoms with Gasteiger partial charge in [0.2, 0.25) is 5.91 Å². The summed E-state index contributed by atoms with van der Waals surface area (Å²) >= 11 is 0. The van der Waals surface area contributed by atoms with Gasteiger partial charge in [-0.25, -0.2) is 4.79 Å². The highest BCUT2D eigenvalue weighted by molar-refractivity contribution is 6.04. The van der Waals surface area contributed by atoms with Crippen LogP contribution in [-0.4, -0.2) is 71.9 Å². The standard InChI is InChI=1S/C18H25N5O3/c1-3-4-13-9-22(14-5-7-19-8-6-14)10-15(13)20-16(24)11-23-17(25)12-21(2)18(23)26/h5-8,13,15H,3-4,9-12H2,1-2H3,(H,20,24)/t13-,15-/m0/s1. The first kappa shape index (κ1) is 18.2. The molecule has 1 aromatic heterocycles. The molecule has 0 spiro atoms. The van der Waals surface area contributed by atoms with Gasteiger partial charge in [-0.15, -0.1) is 0 Å². The Balaban J connectivity index is 1.62. The minimum atomic E-state index is -0.417.